The summed E-state index contributed by atoms with van der Waals surface area (Å²) in [6.07, 6.45) is 7.14. The third-order valence-electron chi connectivity index (χ3n) is 4.24. The predicted molar refractivity (Wildman–Crippen MR) is 113 cm³/mol. The number of hydrogen-bond donors (Lipinski definition) is 1. The van der Waals surface area contributed by atoms with Crippen molar-refractivity contribution in [3.05, 3.63) is 65.4 Å². The van der Waals surface area contributed by atoms with Crippen molar-refractivity contribution >= 4 is 33.1 Å². The van der Waals surface area contributed by atoms with Crippen LogP contribution in [-0.2, 0) is 11.2 Å². The number of anilines is 1. The molecule has 1 N–H and O–H groups in total. The maximum atomic E-state index is 14.6. The van der Waals surface area contributed by atoms with E-state index in [1.807, 2.05) is 24.3 Å². The highest BCUT2D eigenvalue weighted by Crippen LogP contribution is 2.23. The number of halogens is 1. The van der Waals surface area contributed by atoms with Gasteiger partial charge in [-0.2, -0.15) is 0 Å². The van der Waals surface area contributed by atoms with E-state index in [-0.39, 0.29) is 18.1 Å². The number of aromatic nitrogens is 1. The first-order valence-electron chi connectivity index (χ1n) is 9.35. The van der Waals surface area contributed by atoms with E-state index in [2.05, 4.69) is 17.2 Å². The fourth-order valence-corrected chi connectivity index (χ4v) is 3.48. The van der Waals surface area contributed by atoms with Crippen LogP contribution in [0.2, 0.25) is 0 Å². The summed E-state index contributed by atoms with van der Waals surface area (Å²) in [5.41, 5.74) is 3.63. The number of carbonyl (C=O) groups excluding carboxylic acids is 1. The Labute approximate surface area is 168 Å². The van der Waals surface area contributed by atoms with Crippen LogP contribution in [-0.4, -0.2) is 17.5 Å². The van der Waals surface area contributed by atoms with Gasteiger partial charge in [0.1, 0.15) is 6.61 Å². The van der Waals surface area contributed by atoms with Crippen molar-refractivity contribution in [1.82, 2.24) is 4.98 Å². The number of fused-ring (bicyclic) bond motifs is 1. The lowest BCUT2D eigenvalue weighted by atomic mass is 10.1. The Morgan fingerprint density at radius 2 is 2.18 bits per heavy atom. The van der Waals surface area contributed by atoms with Crippen LogP contribution in [0, 0.1) is 5.82 Å². The van der Waals surface area contributed by atoms with Crippen LogP contribution >= 0.6 is 11.3 Å². The van der Waals surface area contributed by atoms with Crippen LogP contribution in [0.15, 0.2) is 54.1 Å². The minimum absolute atomic E-state index is 0.0594. The first-order chi connectivity index (χ1) is 13.7. The van der Waals surface area contributed by atoms with Crippen molar-refractivity contribution < 1.29 is 13.9 Å². The molecule has 146 valence electrons. The van der Waals surface area contributed by atoms with Crippen molar-refractivity contribution in [3.63, 3.8) is 0 Å². The Morgan fingerprint density at radius 1 is 1.29 bits per heavy atom. The van der Waals surface area contributed by atoms with E-state index < -0.39 is 5.82 Å². The van der Waals surface area contributed by atoms with E-state index in [1.54, 1.807) is 29.8 Å². The molecule has 0 spiro atoms. The molecule has 2 aromatic carbocycles. The second-order valence-electron chi connectivity index (χ2n) is 6.41. The van der Waals surface area contributed by atoms with Crippen LogP contribution in [0.1, 0.15) is 31.7 Å². The van der Waals surface area contributed by atoms with Gasteiger partial charge in [-0.1, -0.05) is 44.1 Å². The maximum absolute atomic E-state index is 14.6. The number of hydrogen-bond acceptors (Lipinski definition) is 4. The van der Waals surface area contributed by atoms with Gasteiger partial charge in [0, 0.05) is 11.3 Å². The van der Waals surface area contributed by atoms with Gasteiger partial charge in [0.05, 0.1) is 22.1 Å². The summed E-state index contributed by atoms with van der Waals surface area (Å²) in [7, 11) is 0. The number of carbonyl (C=O) groups is 1. The van der Waals surface area contributed by atoms with Gasteiger partial charge in [-0.3, -0.25) is 4.79 Å². The summed E-state index contributed by atoms with van der Waals surface area (Å²) in [5.74, 6) is -0.603. The molecule has 0 aliphatic carbocycles. The van der Waals surface area contributed by atoms with Gasteiger partial charge in [-0.05, 0) is 30.7 Å². The minimum atomic E-state index is -0.488. The van der Waals surface area contributed by atoms with E-state index in [9.17, 15) is 9.18 Å². The third kappa shape index (κ3) is 5.39. The molecule has 3 rings (SSSR count). The van der Waals surface area contributed by atoms with Crippen LogP contribution in [0.4, 0.5) is 10.1 Å². The summed E-state index contributed by atoms with van der Waals surface area (Å²) in [6.45, 7) is 2.45. The fraction of sp³-hybridized carbons (Fsp3) is 0.273. The summed E-state index contributed by atoms with van der Waals surface area (Å²) < 4.78 is 21.1. The first-order valence-corrected chi connectivity index (χ1v) is 10.2. The topological polar surface area (TPSA) is 51.2 Å². The summed E-state index contributed by atoms with van der Waals surface area (Å²) in [4.78, 5) is 16.5. The Balaban J connectivity index is 1.58. The standard InChI is InChI=1S/C22H23FN2O2S/c1-2-3-4-5-6-12-27-19-9-7-8-16(22(19)23)13-21(26)25-17-10-11-18-20(14-17)28-15-24-18/h5-11,14-15H,2-4,12-13H2,1H3,(H,25,26)/b6-5+. The van der Waals surface area contributed by atoms with E-state index in [0.29, 0.717) is 17.9 Å². The number of rotatable bonds is 9. The summed E-state index contributed by atoms with van der Waals surface area (Å²) in [5, 5.41) is 2.81. The monoisotopic (exact) mass is 398 g/mol. The number of unbranched alkanes of at least 4 members (excludes halogenated alkanes) is 2. The number of allylic oxidation sites excluding steroid dienone is 1. The van der Waals surface area contributed by atoms with Gasteiger partial charge in [0.25, 0.3) is 0 Å². The SMILES string of the molecule is CCCC/C=C/COc1cccc(CC(=O)Nc2ccc3ncsc3c2)c1F. The van der Waals surface area contributed by atoms with E-state index in [4.69, 9.17) is 4.74 Å². The summed E-state index contributed by atoms with van der Waals surface area (Å²) >= 11 is 1.51. The average molecular weight is 399 g/mol. The molecular formula is C22H23FN2O2S. The van der Waals surface area contributed by atoms with Gasteiger partial charge in [0.2, 0.25) is 5.91 Å². The Bertz CT molecular complexity index is 968. The number of thiazole rings is 1. The lowest BCUT2D eigenvalue weighted by Crippen LogP contribution is -2.15. The van der Waals surface area contributed by atoms with Crippen molar-refractivity contribution in [3.8, 4) is 5.75 Å². The van der Waals surface area contributed by atoms with Gasteiger partial charge < -0.3 is 10.1 Å². The van der Waals surface area contributed by atoms with Gasteiger partial charge in [0.15, 0.2) is 11.6 Å². The van der Waals surface area contributed by atoms with E-state index in [1.165, 1.54) is 11.3 Å². The lowest BCUT2D eigenvalue weighted by Gasteiger charge is -2.10. The number of nitrogens with one attached hydrogen (secondary N) is 1. The molecule has 3 aromatic rings. The van der Waals surface area contributed by atoms with Crippen molar-refractivity contribution in [2.75, 3.05) is 11.9 Å². The predicted octanol–water partition coefficient (Wildman–Crippen LogP) is 5.74. The Morgan fingerprint density at radius 3 is 3.04 bits per heavy atom. The van der Waals surface area contributed by atoms with Crippen molar-refractivity contribution in [2.45, 2.75) is 32.6 Å². The van der Waals surface area contributed by atoms with Gasteiger partial charge in [-0.15, -0.1) is 11.3 Å². The zero-order valence-electron chi connectivity index (χ0n) is 15.8. The normalized spacial score (nSPS) is 11.2. The summed E-state index contributed by atoms with van der Waals surface area (Å²) in [6, 6.07) is 10.4. The Hall–Kier alpha value is -2.73. The molecule has 28 heavy (non-hydrogen) atoms. The number of amides is 1. The van der Waals surface area contributed by atoms with Crippen LogP contribution in [0.25, 0.3) is 10.2 Å². The zero-order chi connectivity index (χ0) is 19.8. The quantitative estimate of drug-likeness (QED) is 0.369. The maximum Gasteiger partial charge on any atom is 0.228 e. The molecule has 1 aromatic heterocycles. The van der Waals surface area contributed by atoms with Crippen molar-refractivity contribution in [2.24, 2.45) is 0 Å². The second kappa shape index (κ2) is 9.99. The molecule has 0 radical (unpaired) electrons. The van der Waals surface area contributed by atoms with Crippen LogP contribution < -0.4 is 10.1 Å². The molecule has 6 heteroatoms. The largest absolute Gasteiger partial charge is 0.486 e. The zero-order valence-corrected chi connectivity index (χ0v) is 16.6. The number of nitrogens with zero attached hydrogens (tertiary/aromatic N) is 1. The molecule has 0 aliphatic rings. The fourth-order valence-electron chi connectivity index (χ4n) is 2.76. The average Bonchev–Trinajstić information content (AvgIpc) is 3.15. The number of benzene rings is 2. The third-order valence-corrected chi connectivity index (χ3v) is 5.03. The minimum Gasteiger partial charge on any atom is -0.486 e. The van der Waals surface area contributed by atoms with E-state index in [0.717, 1.165) is 29.5 Å². The van der Waals surface area contributed by atoms with E-state index >= 15 is 0 Å². The first kappa shape index (κ1) is 20.0. The highest BCUT2D eigenvalue weighted by atomic mass is 32.1. The number of ether oxygens (including phenoxy) is 1. The second-order valence-corrected chi connectivity index (χ2v) is 7.30. The molecule has 1 amide bonds. The molecule has 0 atom stereocenters. The van der Waals surface area contributed by atoms with Crippen LogP contribution in [0.5, 0.6) is 5.75 Å². The molecule has 1 heterocycles. The lowest BCUT2D eigenvalue weighted by molar-refractivity contribution is -0.115. The van der Waals surface area contributed by atoms with Gasteiger partial charge >= 0.3 is 0 Å². The van der Waals surface area contributed by atoms with Gasteiger partial charge in [-0.25, -0.2) is 9.37 Å². The highest BCUT2D eigenvalue weighted by molar-refractivity contribution is 7.16. The van der Waals surface area contributed by atoms with Crippen LogP contribution in [0.3, 0.4) is 0 Å². The molecule has 0 unspecified atom stereocenters. The molecule has 4 nitrogen and oxygen atoms in total. The van der Waals surface area contributed by atoms with Crippen molar-refractivity contribution in [1.29, 1.82) is 0 Å². The smallest absolute Gasteiger partial charge is 0.228 e. The molecular weight excluding hydrogens is 375 g/mol. The molecule has 0 aliphatic heterocycles. The molecule has 0 saturated heterocycles. The molecule has 0 saturated carbocycles. The highest BCUT2D eigenvalue weighted by Gasteiger charge is 2.13. The molecule has 0 fully saturated rings. The Kier molecular flexibility index (Phi) is 7.14. The molecule has 0 bridgehead atoms.